The number of carbonyl (C=O) groups is 1. The van der Waals surface area contributed by atoms with E-state index in [1.807, 2.05) is 20.8 Å². The molecule has 0 aromatic carbocycles. The van der Waals surface area contributed by atoms with E-state index >= 15 is 0 Å². The van der Waals surface area contributed by atoms with Crippen LogP contribution in [0.2, 0.25) is 5.15 Å². The first-order chi connectivity index (χ1) is 9.33. The standard InChI is InChI=1S/C13H18ClN3O3/c1-13(2,3)20-12(18)17-7-6-9(8-17)19-11-5-4-10(14)15-16-11/h4-5,9H,6-8H2,1-3H3/t9-/m0/s1. The van der Waals surface area contributed by atoms with Crippen molar-refractivity contribution in [1.29, 1.82) is 0 Å². The van der Waals surface area contributed by atoms with E-state index in [2.05, 4.69) is 10.2 Å². The fraction of sp³-hybridized carbons (Fsp3) is 0.615. The lowest BCUT2D eigenvalue weighted by atomic mass is 10.2. The monoisotopic (exact) mass is 299 g/mol. The van der Waals surface area contributed by atoms with Crippen LogP contribution in [0.5, 0.6) is 5.88 Å². The molecule has 2 heterocycles. The topological polar surface area (TPSA) is 64.5 Å². The number of likely N-dealkylation sites (tertiary alicyclic amines) is 1. The summed E-state index contributed by atoms with van der Waals surface area (Å²) in [6, 6.07) is 3.27. The molecule has 0 saturated carbocycles. The van der Waals surface area contributed by atoms with Crippen molar-refractivity contribution < 1.29 is 14.3 Å². The third-order valence-corrected chi connectivity index (χ3v) is 2.89. The number of hydrogen-bond acceptors (Lipinski definition) is 5. The maximum Gasteiger partial charge on any atom is 0.410 e. The zero-order valence-electron chi connectivity index (χ0n) is 11.8. The highest BCUT2D eigenvalue weighted by atomic mass is 35.5. The van der Waals surface area contributed by atoms with Crippen molar-refractivity contribution in [3.8, 4) is 5.88 Å². The van der Waals surface area contributed by atoms with E-state index in [1.54, 1.807) is 17.0 Å². The summed E-state index contributed by atoms with van der Waals surface area (Å²) >= 11 is 5.66. The third kappa shape index (κ3) is 4.23. The van der Waals surface area contributed by atoms with Crippen LogP contribution in [-0.2, 0) is 4.74 Å². The molecule has 0 N–H and O–H groups in total. The Morgan fingerprint density at radius 1 is 1.40 bits per heavy atom. The lowest BCUT2D eigenvalue weighted by molar-refractivity contribution is 0.0274. The van der Waals surface area contributed by atoms with Crippen LogP contribution in [0.1, 0.15) is 27.2 Å². The Labute approximate surface area is 123 Å². The van der Waals surface area contributed by atoms with E-state index in [9.17, 15) is 4.79 Å². The fourth-order valence-corrected chi connectivity index (χ4v) is 1.95. The molecule has 0 radical (unpaired) electrons. The lowest BCUT2D eigenvalue weighted by Gasteiger charge is -2.24. The summed E-state index contributed by atoms with van der Waals surface area (Å²) in [6.45, 7) is 6.63. The molecule has 0 unspecified atom stereocenters. The van der Waals surface area contributed by atoms with Crippen molar-refractivity contribution in [3.05, 3.63) is 17.3 Å². The van der Waals surface area contributed by atoms with Crippen molar-refractivity contribution in [1.82, 2.24) is 15.1 Å². The molecule has 1 saturated heterocycles. The molecular formula is C13H18ClN3O3. The maximum atomic E-state index is 11.9. The van der Waals surface area contributed by atoms with Crippen LogP contribution in [0, 0.1) is 0 Å². The predicted octanol–water partition coefficient (Wildman–Crippen LogP) is 2.52. The van der Waals surface area contributed by atoms with E-state index in [0.29, 0.717) is 24.1 Å². The molecule has 1 fully saturated rings. The highest BCUT2D eigenvalue weighted by Gasteiger charge is 2.31. The van der Waals surface area contributed by atoms with Crippen LogP contribution < -0.4 is 4.74 Å². The summed E-state index contributed by atoms with van der Waals surface area (Å²) in [5.41, 5.74) is -0.488. The van der Waals surface area contributed by atoms with Gasteiger partial charge in [-0.25, -0.2) is 4.79 Å². The van der Waals surface area contributed by atoms with Crippen molar-refractivity contribution in [2.75, 3.05) is 13.1 Å². The molecule has 7 heteroatoms. The van der Waals surface area contributed by atoms with Gasteiger partial charge >= 0.3 is 6.09 Å². The molecule has 1 aliphatic heterocycles. The van der Waals surface area contributed by atoms with Crippen LogP contribution in [-0.4, -0.2) is 46.0 Å². The Balaban J connectivity index is 1.86. The van der Waals surface area contributed by atoms with E-state index in [4.69, 9.17) is 21.1 Å². The van der Waals surface area contributed by atoms with E-state index in [0.717, 1.165) is 6.42 Å². The maximum absolute atomic E-state index is 11.9. The predicted molar refractivity (Wildman–Crippen MR) is 73.9 cm³/mol. The highest BCUT2D eigenvalue weighted by molar-refractivity contribution is 6.29. The number of aromatic nitrogens is 2. The molecule has 1 aromatic rings. The van der Waals surface area contributed by atoms with Crippen LogP contribution in [0.25, 0.3) is 0 Å². The number of nitrogens with zero attached hydrogens (tertiary/aromatic N) is 3. The number of hydrogen-bond donors (Lipinski definition) is 0. The average molecular weight is 300 g/mol. The Kier molecular flexibility index (Phi) is 4.32. The van der Waals surface area contributed by atoms with Gasteiger partial charge in [0.2, 0.25) is 5.88 Å². The Morgan fingerprint density at radius 3 is 2.75 bits per heavy atom. The largest absolute Gasteiger partial charge is 0.471 e. The van der Waals surface area contributed by atoms with Gasteiger partial charge in [0.05, 0.1) is 6.54 Å². The second-order valence-corrected chi connectivity index (χ2v) is 6.04. The minimum absolute atomic E-state index is 0.0991. The van der Waals surface area contributed by atoms with E-state index in [1.165, 1.54) is 0 Å². The molecule has 1 aromatic heterocycles. The normalized spacial score (nSPS) is 19.0. The zero-order valence-corrected chi connectivity index (χ0v) is 12.6. The molecule has 6 nitrogen and oxygen atoms in total. The molecule has 0 aliphatic carbocycles. The molecule has 1 atom stereocenters. The van der Waals surface area contributed by atoms with Gasteiger partial charge in [0.1, 0.15) is 11.7 Å². The van der Waals surface area contributed by atoms with Crippen molar-refractivity contribution in [2.45, 2.75) is 38.9 Å². The first-order valence-electron chi connectivity index (χ1n) is 6.47. The van der Waals surface area contributed by atoms with Gasteiger partial charge in [0, 0.05) is 19.0 Å². The van der Waals surface area contributed by atoms with Gasteiger partial charge in [-0.05, 0) is 26.8 Å². The van der Waals surface area contributed by atoms with Crippen molar-refractivity contribution in [2.24, 2.45) is 0 Å². The van der Waals surface area contributed by atoms with Crippen LogP contribution >= 0.6 is 11.6 Å². The highest BCUT2D eigenvalue weighted by Crippen LogP contribution is 2.19. The lowest BCUT2D eigenvalue weighted by Crippen LogP contribution is -2.36. The minimum atomic E-state index is -0.488. The Hall–Kier alpha value is -1.56. The van der Waals surface area contributed by atoms with Crippen molar-refractivity contribution >= 4 is 17.7 Å². The molecular weight excluding hydrogens is 282 g/mol. The molecule has 1 amide bonds. The van der Waals surface area contributed by atoms with E-state index in [-0.39, 0.29) is 12.2 Å². The van der Waals surface area contributed by atoms with Gasteiger partial charge in [0.15, 0.2) is 5.15 Å². The average Bonchev–Trinajstić information content (AvgIpc) is 2.79. The summed E-state index contributed by atoms with van der Waals surface area (Å²) in [5.74, 6) is 0.408. The molecule has 1 aliphatic rings. The van der Waals surface area contributed by atoms with Crippen LogP contribution in [0.3, 0.4) is 0 Å². The van der Waals surface area contributed by atoms with Gasteiger partial charge < -0.3 is 14.4 Å². The van der Waals surface area contributed by atoms with Crippen LogP contribution in [0.4, 0.5) is 4.79 Å². The van der Waals surface area contributed by atoms with Crippen molar-refractivity contribution in [3.63, 3.8) is 0 Å². The molecule has 110 valence electrons. The quantitative estimate of drug-likeness (QED) is 0.839. The third-order valence-electron chi connectivity index (χ3n) is 2.69. The molecule has 0 bridgehead atoms. The van der Waals surface area contributed by atoms with Gasteiger partial charge in [-0.3, -0.25) is 0 Å². The van der Waals surface area contributed by atoms with Gasteiger partial charge in [0.25, 0.3) is 0 Å². The van der Waals surface area contributed by atoms with Gasteiger partial charge in [-0.1, -0.05) is 11.6 Å². The summed E-state index contributed by atoms with van der Waals surface area (Å²) < 4.78 is 11.0. The second-order valence-electron chi connectivity index (χ2n) is 5.65. The summed E-state index contributed by atoms with van der Waals surface area (Å²) in [5, 5.41) is 7.86. The number of halogens is 1. The first-order valence-corrected chi connectivity index (χ1v) is 6.85. The van der Waals surface area contributed by atoms with E-state index < -0.39 is 5.60 Å². The fourth-order valence-electron chi connectivity index (χ4n) is 1.85. The van der Waals surface area contributed by atoms with Crippen LogP contribution in [0.15, 0.2) is 12.1 Å². The number of amides is 1. The molecule has 0 spiro atoms. The minimum Gasteiger partial charge on any atom is -0.471 e. The number of ether oxygens (including phenoxy) is 2. The summed E-state index contributed by atoms with van der Waals surface area (Å²) in [4.78, 5) is 13.5. The van der Waals surface area contributed by atoms with Gasteiger partial charge in [-0.2, -0.15) is 0 Å². The SMILES string of the molecule is CC(C)(C)OC(=O)N1CC[C@H](Oc2ccc(Cl)nn2)C1. The summed E-state index contributed by atoms with van der Waals surface area (Å²) in [7, 11) is 0. The molecule has 20 heavy (non-hydrogen) atoms. The Bertz CT molecular complexity index is 473. The zero-order chi connectivity index (χ0) is 14.8. The molecule has 2 rings (SSSR count). The smallest absolute Gasteiger partial charge is 0.410 e. The Morgan fingerprint density at radius 2 is 2.15 bits per heavy atom. The number of carbonyl (C=O) groups excluding carboxylic acids is 1. The summed E-state index contributed by atoms with van der Waals surface area (Å²) in [6.07, 6.45) is 0.326. The first kappa shape index (κ1) is 14.8. The number of rotatable bonds is 2. The second kappa shape index (κ2) is 5.83. The van der Waals surface area contributed by atoms with Gasteiger partial charge in [-0.15, -0.1) is 10.2 Å².